The molecule has 0 radical (unpaired) electrons. The topological polar surface area (TPSA) is 28.2 Å². The largest absolute Gasteiger partial charge is 0.347 e. The Labute approximate surface area is 131 Å². The summed E-state index contributed by atoms with van der Waals surface area (Å²) in [4.78, 5) is 8.34. The molecule has 2 aromatic rings. The first-order chi connectivity index (χ1) is 10.1. The standard InChI is InChI=1S/C17H23N3S/c1-12-5-4-6-14(9-12)11-20(3)17-19-13(2)16(21-17)10-18-15-7-8-15/h4-6,9,15,18H,7-8,10-11H2,1-3H3. The minimum absolute atomic E-state index is 0.750. The summed E-state index contributed by atoms with van der Waals surface area (Å²) in [5.74, 6) is 0. The molecule has 0 spiro atoms. The van der Waals surface area contributed by atoms with Crippen LogP contribution in [0.5, 0.6) is 0 Å². The molecule has 1 fully saturated rings. The van der Waals surface area contributed by atoms with Crippen LogP contribution in [0.2, 0.25) is 0 Å². The number of aromatic nitrogens is 1. The third-order valence-electron chi connectivity index (χ3n) is 3.84. The number of aryl methyl sites for hydroxylation is 2. The highest BCUT2D eigenvalue weighted by Gasteiger charge is 2.21. The molecule has 1 aromatic heterocycles. The second-order valence-corrected chi connectivity index (χ2v) is 7.07. The number of nitrogens with one attached hydrogen (secondary N) is 1. The Bertz CT molecular complexity index is 616. The van der Waals surface area contributed by atoms with Crippen LogP contribution in [-0.2, 0) is 13.1 Å². The van der Waals surface area contributed by atoms with Gasteiger partial charge in [-0.25, -0.2) is 4.98 Å². The number of anilines is 1. The van der Waals surface area contributed by atoms with E-state index in [2.05, 4.69) is 55.4 Å². The van der Waals surface area contributed by atoms with Crippen LogP contribution in [0.15, 0.2) is 24.3 Å². The van der Waals surface area contributed by atoms with Gasteiger partial charge in [-0.3, -0.25) is 0 Å². The van der Waals surface area contributed by atoms with Crippen LogP contribution in [-0.4, -0.2) is 18.1 Å². The highest BCUT2D eigenvalue weighted by atomic mass is 32.1. The van der Waals surface area contributed by atoms with Crippen LogP contribution in [0.3, 0.4) is 0 Å². The second kappa shape index (κ2) is 6.16. The van der Waals surface area contributed by atoms with Crippen molar-refractivity contribution in [3.05, 3.63) is 46.0 Å². The predicted molar refractivity (Wildman–Crippen MR) is 90.0 cm³/mol. The van der Waals surface area contributed by atoms with Crippen molar-refractivity contribution in [2.75, 3.05) is 11.9 Å². The van der Waals surface area contributed by atoms with E-state index in [1.165, 1.54) is 34.5 Å². The van der Waals surface area contributed by atoms with Crippen LogP contribution in [0.1, 0.15) is 34.5 Å². The molecule has 0 bridgehead atoms. The molecule has 3 nitrogen and oxygen atoms in total. The van der Waals surface area contributed by atoms with E-state index in [-0.39, 0.29) is 0 Å². The second-order valence-electron chi connectivity index (χ2n) is 6.01. The van der Waals surface area contributed by atoms with Crippen molar-refractivity contribution in [3.63, 3.8) is 0 Å². The third-order valence-corrected chi connectivity index (χ3v) is 5.11. The third kappa shape index (κ3) is 3.83. The molecule has 3 rings (SSSR count). The lowest BCUT2D eigenvalue weighted by molar-refractivity contribution is 0.691. The summed E-state index contributed by atoms with van der Waals surface area (Å²) >= 11 is 1.81. The van der Waals surface area contributed by atoms with Crippen molar-refractivity contribution < 1.29 is 0 Å². The molecule has 1 saturated carbocycles. The van der Waals surface area contributed by atoms with E-state index >= 15 is 0 Å². The Morgan fingerprint density at radius 2 is 2.14 bits per heavy atom. The average molecular weight is 301 g/mol. The summed E-state index contributed by atoms with van der Waals surface area (Å²) in [5, 5.41) is 4.69. The van der Waals surface area contributed by atoms with Gasteiger partial charge < -0.3 is 10.2 Å². The lowest BCUT2D eigenvalue weighted by atomic mass is 10.1. The molecule has 1 aromatic carbocycles. The molecule has 0 amide bonds. The van der Waals surface area contributed by atoms with Gasteiger partial charge in [-0.05, 0) is 32.3 Å². The first-order valence-electron chi connectivity index (χ1n) is 7.58. The summed E-state index contributed by atoms with van der Waals surface area (Å²) in [6.45, 7) is 6.12. The molecule has 4 heteroatoms. The Morgan fingerprint density at radius 3 is 2.86 bits per heavy atom. The van der Waals surface area contributed by atoms with Crippen molar-refractivity contribution in [1.82, 2.24) is 10.3 Å². The SMILES string of the molecule is Cc1cccc(CN(C)c2nc(C)c(CNC3CC3)s2)c1. The van der Waals surface area contributed by atoms with E-state index in [9.17, 15) is 0 Å². The molecule has 1 heterocycles. The lowest BCUT2D eigenvalue weighted by Gasteiger charge is -2.16. The molecule has 1 aliphatic rings. The normalized spacial score (nSPS) is 14.4. The molecule has 1 N–H and O–H groups in total. The van der Waals surface area contributed by atoms with Gasteiger partial charge in [0, 0.05) is 31.1 Å². The molecule has 0 aliphatic heterocycles. The molecule has 0 unspecified atom stereocenters. The van der Waals surface area contributed by atoms with Gasteiger partial charge in [-0.1, -0.05) is 29.8 Å². The smallest absolute Gasteiger partial charge is 0.185 e. The number of thiazole rings is 1. The fraction of sp³-hybridized carbons (Fsp3) is 0.471. The molecular weight excluding hydrogens is 278 g/mol. The van der Waals surface area contributed by atoms with Gasteiger partial charge in [0.1, 0.15) is 0 Å². The van der Waals surface area contributed by atoms with Crippen LogP contribution >= 0.6 is 11.3 Å². The zero-order chi connectivity index (χ0) is 14.8. The molecule has 112 valence electrons. The van der Waals surface area contributed by atoms with Gasteiger partial charge >= 0.3 is 0 Å². The average Bonchev–Trinajstić information content (AvgIpc) is 3.19. The van der Waals surface area contributed by atoms with Crippen LogP contribution in [0.25, 0.3) is 0 Å². The fourth-order valence-corrected chi connectivity index (χ4v) is 3.39. The van der Waals surface area contributed by atoms with Crippen LogP contribution in [0, 0.1) is 13.8 Å². The number of rotatable bonds is 6. The monoisotopic (exact) mass is 301 g/mol. The molecule has 1 aliphatic carbocycles. The van der Waals surface area contributed by atoms with Crippen molar-refractivity contribution in [1.29, 1.82) is 0 Å². The number of benzene rings is 1. The van der Waals surface area contributed by atoms with Crippen LogP contribution < -0.4 is 10.2 Å². The van der Waals surface area contributed by atoms with Crippen molar-refractivity contribution in [2.24, 2.45) is 0 Å². The number of hydrogen-bond donors (Lipinski definition) is 1. The highest BCUT2D eigenvalue weighted by Crippen LogP contribution is 2.27. The summed E-state index contributed by atoms with van der Waals surface area (Å²) in [5.41, 5.74) is 3.81. The minimum atomic E-state index is 0.750. The summed E-state index contributed by atoms with van der Waals surface area (Å²) in [6.07, 6.45) is 2.66. The molecule has 0 atom stereocenters. The Hall–Kier alpha value is -1.39. The Kier molecular flexibility index (Phi) is 4.27. The van der Waals surface area contributed by atoms with Crippen LogP contribution in [0.4, 0.5) is 5.13 Å². The number of nitrogens with zero attached hydrogens (tertiary/aromatic N) is 2. The Balaban J connectivity index is 1.66. The minimum Gasteiger partial charge on any atom is -0.347 e. The van der Waals surface area contributed by atoms with E-state index in [1.54, 1.807) is 0 Å². The molecular formula is C17H23N3S. The summed E-state index contributed by atoms with van der Waals surface area (Å²) in [7, 11) is 2.12. The van der Waals surface area contributed by atoms with Crippen molar-refractivity contribution >= 4 is 16.5 Å². The predicted octanol–water partition coefficient (Wildman–Crippen LogP) is 3.65. The maximum absolute atomic E-state index is 4.73. The van der Waals surface area contributed by atoms with Gasteiger partial charge in [-0.2, -0.15) is 0 Å². The molecule has 21 heavy (non-hydrogen) atoms. The van der Waals surface area contributed by atoms with Gasteiger partial charge in [0.15, 0.2) is 5.13 Å². The van der Waals surface area contributed by atoms with Crippen molar-refractivity contribution in [3.8, 4) is 0 Å². The fourth-order valence-electron chi connectivity index (χ4n) is 2.42. The zero-order valence-corrected chi connectivity index (χ0v) is 13.8. The van der Waals surface area contributed by atoms with E-state index in [0.29, 0.717) is 0 Å². The first-order valence-corrected chi connectivity index (χ1v) is 8.40. The van der Waals surface area contributed by atoms with Gasteiger partial charge in [0.2, 0.25) is 0 Å². The van der Waals surface area contributed by atoms with E-state index < -0.39 is 0 Å². The van der Waals surface area contributed by atoms with E-state index in [1.807, 2.05) is 11.3 Å². The quantitative estimate of drug-likeness (QED) is 0.883. The maximum atomic E-state index is 4.73. The van der Waals surface area contributed by atoms with Crippen molar-refractivity contribution in [2.45, 2.75) is 45.8 Å². The lowest BCUT2D eigenvalue weighted by Crippen LogP contribution is -2.16. The van der Waals surface area contributed by atoms with Gasteiger partial charge in [0.25, 0.3) is 0 Å². The van der Waals surface area contributed by atoms with E-state index in [0.717, 1.165) is 24.3 Å². The van der Waals surface area contributed by atoms with E-state index in [4.69, 9.17) is 4.98 Å². The summed E-state index contributed by atoms with van der Waals surface area (Å²) in [6, 6.07) is 9.43. The number of hydrogen-bond acceptors (Lipinski definition) is 4. The first kappa shape index (κ1) is 14.5. The Morgan fingerprint density at radius 1 is 1.33 bits per heavy atom. The summed E-state index contributed by atoms with van der Waals surface area (Å²) < 4.78 is 0. The van der Waals surface area contributed by atoms with Gasteiger partial charge in [0.05, 0.1) is 5.69 Å². The maximum Gasteiger partial charge on any atom is 0.185 e. The van der Waals surface area contributed by atoms with Gasteiger partial charge in [-0.15, -0.1) is 11.3 Å². The molecule has 0 saturated heterocycles. The highest BCUT2D eigenvalue weighted by molar-refractivity contribution is 7.15. The zero-order valence-electron chi connectivity index (χ0n) is 13.0.